The van der Waals surface area contributed by atoms with Crippen molar-refractivity contribution < 1.29 is 12.6 Å². The average molecular weight is 347 g/mol. The first-order valence-electron chi connectivity index (χ1n) is 8.59. The van der Waals surface area contributed by atoms with Crippen molar-refractivity contribution in [2.45, 2.75) is 62.4 Å². The lowest BCUT2D eigenvalue weighted by Crippen LogP contribution is -2.19. The fourth-order valence-electron chi connectivity index (χ4n) is 3.70. The zero-order chi connectivity index (χ0) is 16.6. The van der Waals surface area contributed by atoms with Crippen LogP contribution in [-0.4, -0.2) is 23.2 Å². The number of rotatable bonds is 4. The summed E-state index contributed by atoms with van der Waals surface area (Å²) in [5, 5.41) is 4.35. The molecule has 0 spiro atoms. The summed E-state index contributed by atoms with van der Waals surface area (Å²) in [4.78, 5) is 4.37. The van der Waals surface area contributed by atoms with E-state index < -0.39 is 10.1 Å². The van der Waals surface area contributed by atoms with Crippen LogP contribution in [0.25, 0.3) is 0 Å². The lowest BCUT2D eigenvalue weighted by molar-refractivity contribution is 0.409. The van der Waals surface area contributed by atoms with Crippen LogP contribution in [0.3, 0.4) is 0 Å². The largest absolute Gasteiger partial charge is 0.376 e. The first kappa shape index (κ1) is 15.6. The number of nitrogens with zero attached hydrogens (tertiary/aromatic N) is 3. The third-order valence-corrected chi connectivity index (χ3v) is 6.16. The van der Waals surface area contributed by atoms with Crippen LogP contribution >= 0.6 is 0 Å². The Labute approximate surface area is 142 Å². The molecule has 0 bridgehead atoms. The quantitative estimate of drug-likeness (QED) is 0.795. The maximum Gasteiger partial charge on any atom is 0.356 e. The van der Waals surface area contributed by atoms with Crippen LogP contribution in [0.1, 0.15) is 55.8 Å². The molecule has 0 saturated heterocycles. The van der Waals surface area contributed by atoms with Crippen molar-refractivity contribution in [3.63, 3.8) is 0 Å². The van der Waals surface area contributed by atoms with Crippen molar-refractivity contribution in [1.82, 2.24) is 14.8 Å². The molecule has 7 heteroatoms. The normalized spacial score (nSPS) is 18.5. The van der Waals surface area contributed by atoms with Gasteiger partial charge in [0.05, 0.1) is 18.4 Å². The van der Waals surface area contributed by atoms with Crippen molar-refractivity contribution >= 4 is 10.1 Å². The predicted molar refractivity (Wildman–Crippen MR) is 88.4 cm³/mol. The lowest BCUT2D eigenvalue weighted by atomic mass is 9.96. The van der Waals surface area contributed by atoms with Gasteiger partial charge in [-0.25, -0.2) is 4.68 Å². The van der Waals surface area contributed by atoms with Crippen LogP contribution in [-0.2, 0) is 23.0 Å². The van der Waals surface area contributed by atoms with Gasteiger partial charge in [0.15, 0.2) is 10.8 Å². The monoisotopic (exact) mass is 347 g/mol. The molecule has 2 aromatic rings. The second-order valence-corrected chi connectivity index (χ2v) is 8.07. The summed E-state index contributed by atoms with van der Waals surface area (Å²) in [5.41, 5.74) is 2.15. The van der Waals surface area contributed by atoms with E-state index in [0.29, 0.717) is 0 Å². The van der Waals surface area contributed by atoms with Gasteiger partial charge in [0.25, 0.3) is 0 Å². The summed E-state index contributed by atoms with van der Waals surface area (Å²) in [7, 11) is -3.90. The number of hydrogen-bond acceptors (Lipinski definition) is 5. The van der Waals surface area contributed by atoms with Crippen LogP contribution < -0.4 is 4.18 Å². The van der Waals surface area contributed by atoms with Crippen molar-refractivity contribution in [2.24, 2.45) is 0 Å². The molecule has 2 heterocycles. The molecule has 0 N–H and O–H groups in total. The highest BCUT2D eigenvalue weighted by Gasteiger charge is 2.28. The van der Waals surface area contributed by atoms with Gasteiger partial charge >= 0.3 is 10.1 Å². The summed E-state index contributed by atoms with van der Waals surface area (Å²) in [6.07, 6.45) is 11.3. The van der Waals surface area contributed by atoms with E-state index in [0.717, 1.165) is 62.6 Å². The molecule has 128 valence electrons. The van der Waals surface area contributed by atoms with Crippen LogP contribution in [0.2, 0.25) is 0 Å². The Bertz CT molecular complexity index is 839. The number of hydrogen-bond donors (Lipinski definition) is 0. The molecule has 2 aliphatic rings. The van der Waals surface area contributed by atoms with E-state index in [1.807, 2.05) is 6.07 Å². The van der Waals surface area contributed by atoms with Crippen molar-refractivity contribution in [2.75, 3.05) is 0 Å². The Balaban J connectivity index is 1.61. The smallest absolute Gasteiger partial charge is 0.356 e. The highest BCUT2D eigenvalue weighted by atomic mass is 32.2. The minimum absolute atomic E-state index is 0.132. The molecule has 0 radical (unpaired) electrons. The van der Waals surface area contributed by atoms with E-state index in [1.165, 1.54) is 18.5 Å². The van der Waals surface area contributed by atoms with Gasteiger partial charge in [-0.1, -0.05) is 12.8 Å². The molecule has 0 unspecified atom stereocenters. The van der Waals surface area contributed by atoms with Crippen molar-refractivity contribution in [3.8, 4) is 5.75 Å². The van der Waals surface area contributed by atoms with E-state index >= 15 is 0 Å². The van der Waals surface area contributed by atoms with E-state index in [9.17, 15) is 8.42 Å². The van der Waals surface area contributed by atoms with Gasteiger partial charge in [-0.15, -0.1) is 0 Å². The predicted octanol–water partition coefficient (Wildman–Crippen LogP) is 3.04. The Morgan fingerprint density at radius 2 is 1.92 bits per heavy atom. The third kappa shape index (κ3) is 2.92. The topological polar surface area (TPSA) is 74.1 Å². The summed E-state index contributed by atoms with van der Waals surface area (Å²) in [6, 6.07) is 3.48. The average Bonchev–Trinajstić information content (AvgIpc) is 3.25. The molecular formula is C17H21N3O3S. The van der Waals surface area contributed by atoms with Gasteiger partial charge in [-0.3, -0.25) is 4.98 Å². The minimum atomic E-state index is -3.90. The second kappa shape index (κ2) is 6.20. The zero-order valence-electron chi connectivity index (χ0n) is 13.5. The van der Waals surface area contributed by atoms with Gasteiger partial charge in [0, 0.05) is 5.69 Å². The Morgan fingerprint density at radius 3 is 2.75 bits per heavy atom. The molecular weight excluding hydrogens is 326 g/mol. The number of fused-ring (bicyclic) bond motifs is 1. The Morgan fingerprint density at radius 1 is 1.12 bits per heavy atom. The third-order valence-electron chi connectivity index (χ3n) is 4.91. The van der Waals surface area contributed by atoms with Gasteiger partial charge in [0.2, 0.25) is 0 Å². The molecule has 2 aromatic heterocycles. The van der Waals surface area contributed by atoms with Crippen LogP contribution in [0.4, 0.5) is 0 Å². The lowest BCUT2D eigenvalue weighted by Gasteiger charge is -2.17. The molecule has 24 heavy (non-hydrogen) atoms. The van der Waals surface area contributed by atoms with Crippen LogP contribution in [0, 0.1) is 0 Å². The van der Waals surface area contributed by atoms with Crippen molar-refractivity contribution in [1.29, 1.82) is 0 Å². The summed E-state index contributed by atoms with van der Waals surface area (Å²) >= 11 is 0. The molecule has 0 aliphatic heterocycles. The fraction of sp³-hybridized carbons (Fsp3) is 0.529. The van der Waals surface area contributed by atoms with E-state index in [2.05, 4.69) is 10.1 Å². The molecule has 1 saturated carbocycles. The molecule has 1 fully saturated rings. The van der Waals surface area contributed by atoms with Gasteiger partial charge in [-0.05, 0) is 56.2 Å². The number of pyridine rings is 1. The number of aromatic nitrogens is 3. The van der Waals surface area contributed by atoms with E-state index in [1.54, 1.807) is 4.68 Å². The summed E-state index contributed by atoms with van der Waals surface area (Å²) < 4.78 is 32.4. The fourth-order valence-corrected chi connectivity index (χ4v) is 4.79. The molecule has 2 aliphatic carbocycles. The molecule has 6 nitrogen and oxygen atoms in total. The molecule has 4 rings (SSSR count). The zero-order valence-corrected chi connectivity index (χ0v) is 14.3. The first-order chi connectivity index (χ1) is 11.6. The molecule has 0 atom stereocenters. The van der Waals surface area contributed by atoms with Crippen LogP contribution in [0.5, 0.6) is 5.75 Å². The van der Waals surface area contributed by atoms with Crippen LogP contribution in [0.15, 0.2) is 29.6 Å². The van der Waals surface area contributed by atoms with Gasteiger partial charge in [-0.2, -0.15) is 13.5 Å². The standard InChI is InChI=1S/C17H21N3O3S/c21-24(22,17-9-10-19-20(17)14-6-2-3-7-14)23-15-11-13-5-1-4-8-16(13)18-12-15/h9-12,14H,1-8H2. The Kier molecular flexibility index (Phi) is 4.04. The van der Waals surface area contributed by atoms with E-state index in [-0.39, 0.29) is 16.8 Å². The highest BCUT2D eigenvalue weighted by Crippen LogP contribution is 2.32. The SMILES string of the molecule is O=S(=O)(Oc1cnc2c(c1)CCCC2)c1ccnn1C1CCCC1. The summed E-state index contributed by atoms with van der Waals surface area (Å²) in [6.45, 7) is 0. The Hall–Kier alpha value is -1.89. The van der Waals surface area contributed by atoms with Gasteiger partial charge in [0.1, 0.15) is 0 Å². The maximum atomic E-state index is 12.7. The molecule has 0 amide bonds. The second-order valence-electron chi connectivity index (χ2n) is 6.57. The molecule has 0 aromatic carbocycles. The number of aryl methyl sites for hydroxylation is 2. The van der Waals surface area contributed by atoms with Crippen molar-refractivity contribution in [3.05, 3.63) is 35.8 Å². The maximum absolute atomic E-state index is 12.7. The van der Waals surface area contributed by atoms with E-state index in [4.69, 9.17) is 4.18 Å². The minimum Gasteiger partial charge on any atom is -0.376 e. The van der Waals surface area contributed by atoms with Gasteiger partial charge < -0.3 is 4.18 Å². The summed E-state index contributed by atoms with van der Waals surface area (Å²) in [5.74, 6) is 0.287. The first-order valence-corrected chi connectivity index (χ1v) is 10.00. The highest BCUT2D eigenvalue weighted by molar-refractivity contribution is 7.87.